The van der Waals surface area contributed by atoms with Gasteiger partial charge in [-0.3, -0.25) is 9.59 Å². The molecule has 140 valence electrons. The van der Waals surface area contributed by atoms with E-state index in [9.17, 15) is 9.59 Å². The van der Waals surface area contributed by atoms with Gasteiger partial charge in [0, 0.05) is 49.7 Å². The molecule has 0 unspecified atom stereocenters. The van der Waals surface area contributed by atoms with Crippen molar-refractivity contribution in [3.8, 4) is 0 Å². The number of aromatic nitrogens is 1. The molecule has 2 amide bonds. The molecule has 0 aromatic carbocycles. The molecule has 1 saturated heterocycles. The Morgan fingerprint density at radius 2 is 1.85 bits per heavy atom. The molecule has 4 rings (SSSR count). The topological polar surface area (TPSA) is 57.1 Å². The van der Waals surface area contributed by atoms with Crippen LogP contribution in [0.3, 0.4) is 0 Å². The van der Waals surface area contributed by atoms with E-state index in [0.29, 0.717) is 12.1 Å². The van der Waals surface area contributed by atoms with Gasteiger partial charge < -0.3 is 19.5 Å². The predicted octanol–water partition coefficient (Wildman–Crippen LogP) is 2.60. The van der Waals surface area contributed by atoms with E-state index in [-0.39, 0.29) is 11.8 Å². The van der Waals surface area contributed by atoms with Crippen molar-refractivity contribution in [1.29, 1.82) is 0 Å². The summed E-state index contributed by atoms with van der Waals surface area (Å²) in [7, 11) is 0. The Labute approximate surface area is 162 Å². The summed E-state index contributed by atoms with van der Waals surface area (Å²) in [5, 5.41) is 4.98. The number of hydrogen-bond acceptors (Lipinski definition) is 4. The summed E-state index contributed by atoms with van der Waals surface area (Å²) >= 11 is 1.63. The van der Waals surface area contributed by atoms with Crippen molar-refractivity contribution in [2.75, 3.05) is 31.1 Å². The van der Waals surface area contributed by atoms with Gasteiger partial charge in [0.2, 0.25) is 5.91 Å². The third-order valence-corrected chi connectivity index (χ3v) is 5.82. The van der Waals surface area contributed by atoms with Crippen molar-refractivity contribution in [2.24, 2.45) is 0 Å². The van der Waals surface area contributed by atoms with Gasteiger partial charge in [-0.25, -0.2) is 0 Å². The fourth-order valence-electron chi connectivity index (χ4n) is 3.41. The Hall–Kier alpha value is -2.80. The van der Waals surface area contributed by atoms with Crippen LogP contribution in [0.4, 0.5) is 5.82 Å². The maximum absolute atomic E-state index is 12.5. The first-order valence-corrected chi connectivity index (χ1v) is 9.92. The number of rotatable bonds is 4. The van der Waals surface area contributed by atoms with E-state index >= 15 is 0 Å². The minimum Gasteiger partial charge on any atom is -0.354 e. The second kappa shape index (κ2) is 7.44. The third kappa shape index (κ3) is 3.68. The highest BCUT2D eigenvalue weighted by atomic mass is 32.1. The monoisotopic (exact) mass is 382 g/mol. The first-order chi connectivity index (χ1) is 13.1. The molecule has 1 fully saturated rings. The van der Waals surface area contributed by atoms with E-state index in [1.807, 2.05) is 40.7 Å². The van der Waals surface area contributed by atoms with E-state index in [1.165, 1.54) is 0 Å². The summed E-state index contributed by atoms with van der Waals surface area (Å²) < 4.78 is 2.06. The summed E-state index contributed by atoms with van der Waals surface area (Å²) in [6, 6.07) is 12.0. The van der Waals surface area contributed by atoms with E-state index in [0.717, 1.165) is 42.4 Å². The van der Waals surface area contributed by atoms with Crippen molar-refractivity contribution in [2.45, 2.75) is 13.5 Å². The van der Waals surface area contributed by atoms with Crippen LogP contribution in [0, 0.1) is 0 Å². The lowest BCUT2D eigenvalue weighted by Crippen LogP contribution is -2.48. The van der Waals surface area contributed by atoms with E-state index in [4.69, 9.17) is 0 Å². The van der Waals surface area contributed by atoms with Gasteiger partial charge >= 0.3 is 0 Å². The van der Waals surface area contributed by atoms with E-state index in [1.54, 1.807) is 18.3 Å². The number of pyridine rings is 1. The molecule has 27 heavy (non-hydrogen) atoms. The Morgan fingerprint density at radius 3 is 2.56 bits per heavy atom. The van der Waals surface area contributed by atoms with Crippen LogP contribution >= 0.6 is 11.3 Å². The number of nitrogens with one attached hydrogen (secondary N) is 1. The Bertz CT molecular complexity index is 956. The van der Waals surface area contributed by atoms with Crippen molar-refractivity contribution >= 4 is 34.5 Å². The second-order valence-electron chi connectivity index (χ2n) is 6.66. The van der Waals surface area contributed by atoms with Crippen molar-refractivity contribution in [3.63, 3.8) is 0 Å². The molecular weight excluding hydrogens is 360 g/mol. The van der Waals surface area contributed by atoms with E-state index in [2.05, 4.69) is 26.8 Å². The number of carbonyl (C=O) groups is 2. The lowest BCUT2D eigenvalue weighted by Gasteiger charge is -2.35. The van der Waals surface area contributed by atoms with Crippen LogP contribution in [0.1, 0.15) is 22.2 Å². The van der Waals surface area contributed by atoms with Gasteiger partial charge in [0.15, 0.2) is 0 Å². The van der Waals surface area contributed by atoms with Gasteiger partial charge in [-0.05, 0) is 35.7 Å². The van der Waals surface area contributed by atoms with Crippen LogP contribution in [0.25, 0.3) is 5.52 Å². The summed E-state index contributed by atoms with van der Waals surface area (Å²) in [6.07, 6.45) is 1.89. The predicted molar refractivity (Wildman–Crippen MR) is 107 cm³/mol. The van der Waals surface area contributed by atoms with Crippen molar-refractivity contribution in [1.82, 2.24) is 14.6 Å². The van der Waals surface area contributed by atoms with Crippen LogP contribution in [0.2, 0.25) is 0 Å². The highest BCUT2D eigenvalue weighted by Crippen LogP contribution is 2.22. The summed E-state index contributed by atoms with van der Waals surface area (Å²) in [5.41, 5.74) is 1.69. The number of amides is 2. The molecule has 4 heterocycles. The molecule has 0 spiro atoms. The summed E-state index contributed by atoms with van der Waals surface area (Å²) in [4.78, 5) is 29.3. The Kier molecular flexibility index (Phi) is 4.85. The second-order valence-corrected chi connectivity index (χ2v) is 7.69. The van der Waals surface area contributed by atoms with Crippen LogP contribution < -0.4 is 10.2 Å². The quantitative estimate of drug-likeness (QED) is 0.755. The minimum atomic E-state index is -0.0775. The van der Waals surface area contributed by atoms with Crippen LogP contribution in [0.15, 0.2) is 48.0 Å². The number of fused-ring (bicyclic) bond motifs is 1. The van der Waals surface area contributed by atoms with Crippen LogP contribution in [-0.4, -0.2) is 47.3 Å². The largest absolute Gasteiger partial charge is 0.354 e. The molecule has 3 aromatic heterocycles. The Morgan fingerprint density at radius 1 is 1.07 bits per heavy atom. The molecule has 1 N–H and O–H groups in total. The first kappa shape index (κ1) is 17.6. The normalized spacial score (nSPS) is 14.6. The number of carbonyl (C=O) groups excluding carboxylic acids is 2. The molecule has 0 bridgehead atoms. The first-order valence-electron chi connectivity index (χ1n) is 9.04. The highest BCUT2D eigenvalue weighted by Gasteiger charge is 2.20. The fraction of sp³-hybridized carbons (Fsp3) is 0.300. The lowest BCUT2D eigenvalue weighted by atomic mass is 10.2. The molecule has 0 saturated carbocycles. The highest BCUT2D eigenvalue weighted by molar-refractivity contribution is 7.09. The Balaban J connectivity index is 1.51. The molecule has 3 aromatic rings. The molecule has 0 aliphatic carbocycles. The van der Waals surface area contributed by atoms with Gasteiger partial charge in [0.25, 0.3) is 5.91 Å². The average molecular weight is 382 g/mol. The van der Waals surface area contributed by atoms with Gasteiger partial charge in [0.05, 0.1) is 12.1 Å². The molecule has 0 radical (unpaired) electrons. The van der Waals surface area contributed by atoms with Gasteiger partial charge in [-0.15, -0.1) is 11.3 Å². The SMILES string of the molecule is CC(=O)N1CCN(c2ccc3ccc(C(=O)NCc4cccs4)cn23)CC1. The lowest BCUT2D eigenvalue weighted by molar-refractivity contribution is -0.129. The maximum atomic E-state index is 12.5. The molecule has 6 nitrogen and oxygen atoms in total. The number of thiophene rings is 1. The molecule has 7 heteroatoms. The fourth-order valence-corrected chi connectivity index (χ4v) is 4.06. The van der Waals surface area contributed by atoms with Crippen LogP contribution in [0.5, 0.6) is 0 Å². The van der Waals surface area contributed by atoms with Gasteiger partial charge in [-0.2, -0.15) is 0 Å². The number of hydrogen-bond donors (Lipinski definition) is 1. The molecular formula is C20H22N4O2S. The summed E-state index contributed by atoms with van der Waals surface area (Å²) in [5.74, 6) is 1.10. The maximum Gasteiger partial charge on any atom is 0.253 e. The molecule has 1 aliphatic heterocycles. The van der Waals surface area contributed by atoms with E-state index < -0.39 is 0 Å². The molecule has 1 aliphatic rings. The number of piperazine rings is 1. The average Bonchev–Trinajstić information content (AvgIpc) is 3.35. The summed E-state index contributed by atoms with van der Waals surface area (Å²) in [6.45, 7) is 5.19. The third-order valence-electron chi connectivity index (χ3n) is 4.94. The minimum absolute atomic E-state index is 0.0775. The zero-order valence-corrected chi connectivity index (χ0v) is 16.0. The van der Waals surface area contributed by atoms with Gasteiger partial charge in [-0.1, -0.05) is 6.07 Å². The van der Waals surface area contributed by atoms with Crippen molar-refractivity contribution < 1.29 is 9.59 Å². The van der Waals surface area contributed by atoms with Crippen molar-refractivity contribution in [3.05, 3.63) is 58.4 Å². The van der Waals surface area contributed by atoms with Crippen LogP contribution in [-0.2, 0) is 11.3 Å². The smallest absolute Gasteiger partial charge is 0.253 e. The molecule has 0 atom stereocenters. The zero-order chi connectivity index (χ0) is 18.8. The van der Waals surface area contributed by atoms with Gasteiger partial charge in [0.1, 0.15) is 5.82 Å². The number of nitrogens with zero attached hydrogens (tertiary/aromatic N) is 3. The zero-order valence-electron chi connectivity index (χ0n) is 15.2. The standard InChI is InChI=1S/C20H22N4O2S/c1-15(25)22-8-10-23(11-9-22)19-7-6-17-5-4-16(14-24(17)19)20(26)21-13-18-3-2-12-27-18/h2-7,12,14H,8-11,13H2,1H3,(H,21,26). The number of anilines is 1.